The van der Waals surface area contributed by atoms with E-state index in [1.54, 1.807) is 37.6 Å². The van der Waals surface area contributed by atoms with Crippen molar-refractivity contribution < 1.29 is 14.3 Å². The van der Waals surface area contributed by atoms with Gasteiger partial charge in [-0.3, -0.25) is 9.59 Å². The maximum Gasteiger partial charge on any atom is 0.265 e. The molecule has 2 amide bonds. The van der Waals surface area contributed by atoms with Gasteiger partial charge >= 0.3 is 0 Å². The van der Waals surface area contributed by atoms with Gasteiger partial charge in [0.15, 0.2) is 11.9 Å². The van der Waals surface area contributed by atoms with Crippen LogP contribution in [0.5, 0.6) is 5.75 Å². The number of likely N-dealkylation sites (tertiary alicyclic amines) is 1. The van der Waals surface area contributed by atoms with E-state index in [-0.39, 0.29) is 17.9 Å². The zero-order valence-electron chi connectivity index (χ0n) is 14.0. The van der Waals surface area contributed by atoms with Gasteiger partial charge in [0, 0.05) is 25.5 Å². The number of hydrogen-bond acceptors (Lipinski definition) is 4. The quantitative estimate of drug-likeness (QED) is 0.908. The van der Waals surface area contributed by atoms with Gasteiger partial charge in [-0.15, -0.1) is 0 Å². The van der Waals surface area contributed by atoms with Gasteiger partial charge < -0.3 is 19.5 Å². The highest BCUT2D eigenvalue weighted by Gasteiger charge is 2.31. The van der Waals surface area contributed by atoms with Gasteiger partial charge in [-0.05, 0) is 31.9 Å². The van der Waals surface area contributed by atoms with Gasteiger partial charge in [0.25, 0.3) is 11.8 Å². The fourth-order valence-corrected chi connectivity index (χ4v) is 3.43. The summed E-state index contributed by atoms with van der Waals surface area (Å²) in [4.78, 5) is 30.8. The van der Waals surface area contributed by atoms with E-state index in [9.17, 15) is 9.59 Å². The van der Waals surface area contributed by atoms with Gasteiger partial charge in [0.1, 0.15) is 0 Å². The maximum absolute atomic E-state index is 13.1. The normalized spacial score (nSPS) is 22.8. The van der Waals surface area contributed by atoms with Crippen LogP contribution in [-0.2, 0) is 4.79 Å². The lowest BCUT2D eigenvalue weighted by Gasteiger charge is -2.34. The lowest BCUT2D eigenvalue weighted by atomic mass is 10.0. The molecule has 0 radical (unpaired) electrons. The van der Waals surface area contributed by atoms with Crippen LogP contribution < -0.4 is 10.1 Å². The smallest absolute Gasteiger partial charge is 0.265 e. The third-order valence-electron chi connectivity index (χ3n) is 4.80. The van der Waals surface area contributed by atoms with Crippen LogP contribution in [0.2, 0.25) is 0 Å². The first-order chi connectivity index (χ1) is 12.1. The molecular formula is C18H20N4O3. The molecule has 4 rings (SSSR count). The fourth-order valence-electron chi connectivity index (χ4n) is 3.43. The molecule has 2 aromatic rings. The second-order valence-electron chi connectivity index (χ2n) is 6.49. The second kappa shape index (κ2) is 6.23. The number of ether oxygens (including phenoxy) is 1. The number of nitrogens with one attached hydrogen (secondary N) is 1. The predicted octanol–water partition coefficient (Wildman–Crippen LogP) is 2.08. The average molecular weight is 340 g/mol. The average Bonchev–Trinajstić information content (AvgIpc) is 3.16. The molecule has 1 N–H and O–H groups in total. The van der Waals surface area contributed by atoms with E-state index in [4.69, 9.17) is 4.74 Å². The van der Waals surface area contributed by atoms with Gasteiger partial charge in [-0.1, -0.05) is 6.07 Å². The fraction of sp³-hybridized carbons (Fsp3) is 0.389. The third-order valence-corrected chi connectivity index (χ3v) is 4.80. The van der Waals surface area contributed by atoms with Gasteiger partial charge in [-0.2, -0.15) is 0 Å². The molecule has 1 fully saturated rings. The molecule has 2 aliphatic heterocycles. The van der Waals surface area contributed by atoms with Crippen molar-refractivity contribution in [3.63, 3.8) is 0 Å². The summed E-state index contributed by atoms with van der Waals surface area (Å²) in [7, 11) is 0. The number of nitrogens with zero attached hydrogens (tertiary/aromatic N) is 3. The molecule has 1 aromatic carbocycles. The number of piperidine rings is 1. The highest BCUT2D eigenvalue weighted by molar-refractivity contribution is 6.04. The molecule has 0 bridgehead atoms. The number of carbonyl (C=O) groups excluding carboxylic acids is 2. The van der Waals surface area contributed by atoms with E-state index < -0.39 is 6.10 Å². The Morgan fingerprint density at radius 1 is 1.40 bits per heavy atom. The van der Waals surface area contributed by atoms with E-state index in [1.165, 1.54) is 0 Å². The van der Waals surface area contributed by atoms with Crippen molar-refractivity contribution in [1.29, 1.82) is 0 Å². The van der Waals surface area contributed by atoms with Gasteiger partial charge in [0.2, 0.25) is 0 Å². The van der Waals surface area contributed by atoms with Gasteiger partial charge in [-0.25, -0.2) is 4.98 Å². The minimum Gasteiger partial charge on any atom is -0.478 e. The minimum atomic E-state index is -0.610. The van der Waals surface area contributed by atoms with Gasteiger partial charge in [0.05, 0.1) is 23.6 Å². The van der Waals surface area contributed by atoms with Crippen molar-refractivity contribution in [2.24, 2.45) is 0 Å². The minimum absolute atomic E-state index is 0.0648. The van der Waals surface area contributed by atoms with Crippen LogP contribution in [0.15, 0.2) is 36.9 Å². The summed E-state index contributed by atoms with van der Waals surface area (Å²) in [5, 5.41) is 2.79. The summed E-state index contributed by atoms with van der Waals surface area (Å²) in [5.74, 6) is 0.199. The van der Waals surface area contributed by atoms with Crippen LogP contribution in [0.3, 0.4) is 0 Å². The number of hydrogen-bond donors (Lipinski definition) is 1. The largest absolute Gasteiger partial charge is 0.478 e. The number of amides is 2. The summed E-state index contributed by atoms with van der Waals surface area (Å²) in [5.41, 5.74) is 1.05. The van der Waals surface area contributed by atoms with Crippen LogP contribution in [0, 0.1) is 0 Å². The Balaban J connectivity index is 1.59. The standard InChI is InChI=1S/C18H20N4O3/c1-12-17(23)20-15-6-2-5-14(16(15)25-12)18(24)21-8-3-4-13(10-21)22-9-7-19-11-22/h2,5-7,9,11-13H,3-4,8,10H2,1H3,(H,20,23)/t12-,13+/m0/s1. The number of fused-ring (bicyclic) bond motifs is 1. The summed E-state index contributed by atoms with van der Waals surface area (Å²) >= 11 is 0. The number of aromatic nitrogens is 2. The summed E-state index contributed by atoms with van der Waals surface area (Å²) in [6, 6.07) is 5.51. The molecule has 130 valence electrons. The first-order valence-corrected chi connectivity index (χ1v) is 8.51. The van der Waals surface area contributed by atoms with E-state index in [0.717, 1.165) is 19.4 Å². The van der Waals surface area contributed by atoms with Crippen molar-refractivity contribution in [3.05, 3.63) is 42.5 Å². The Morgan fingerprint density at radius 2 is 2.28 bits per heavy atom. The van der Waals surface area contributed by atoms with Crippen LogP contribution in [0.4, 0.5) is 5.69 Å². The third kappa shape index (κ3) is 2.86. The summed E-state index contributed by atoms with van der Waals surface area (Å²) in [6.07, 6.45) is 6.84. The van der Waals surface area contributed by atoms with E-state index >= 15 is 0 Å². The lowest BCUT2D eigenvalue weighted by molar-refractivity contribution is -0.122. The Morgan fingerprint density at radius 3 is 3.08 bits per heavy atom. The molecule has 0 unspecified atom stereocenters. The molecule has 7 nitrogen and oxygen atoms in total. The molecule has 0 spiro atoms. The van der Waals surface area contributed by atoms with Crippen LogP contribution in [0.25, 0.3) is 0 Å². The first kappa shape index (κ1) is 15.7. The highest BCUT2D eigenvalue weighted by atomic mass is 16.5. The van der Waals surface area contributed by atoms with Crippen molar-refractivity contribution in [1.82, 2.24) is 14.5 Å². The van der Waals surface area contributed by atoms with Crippen LogP contribution in [0.1, 0.15) is 36.2 Å². The Bertz CT molecular complexity index is 803. The number of anilines is 1. The zero-order valence-corrected chi connectivity index (χ0v) is 14.0. The first-order valence-electron chi connectivity index (χ1n) is 8.51. The van der Waals surface area contributed by atoms with Crippen molar-refractivity contribution in [2.45, 2.75) is 31.9 Å². The zero-order chi connectivity index (χ0) is 17.4. The lowest BCUT2D eigenvalue weighted by Crippen LogP contribution is -2.41. The van der Waals surface area contributed by atoms with Crippen LogP contribution in [-0.4, -0.2) is 45.5 Å². The number of carbonyl (C=O) groups is 2. The predicted molar refractivity (Wildman–Crippen MR) is 91.6 cm³/mol. The monoisotopic (exact) mass is 340 g/mol. The Hall–Kier alpha value is -2.83. The molecule has 7 heteroatoms. The molecule has 2 atom stereocenters. The van der Waals surface area contributed by atoms with Crippen molar-refractivity contribution in [3.8, 4) is 5.75 Å². The van der Waals surface area contributed by atoms with E-state index in [0.29, 0.717) is 23.5 Å². The van der Waals surface area contributed by atoms with E-state index in [2.05, 4.69) is 14.9 Å². The molecule has 1 aromatic heterocycles. The molecule has 1 saturated heterocycles. The van der Waals surface area contributed by atoms with Crippen molar-refractivity contribution in [2.75, 3.05) is 18.4 Å². The number of benzene rings is 1. The molecule has 2 aliphatic rings. The highest BCUT2D eigenvalue weighted by Crippen LogP contribution is 2.35. The summed E-state index contributed by atoms with van der Waals surface area (Å²) in [6.45, 7) is 3.03. The molecule has 0 saturated carbocycles. The second-order valence-corrected chi connectivity index (χ2v) is 6.49. The number of imidazole rings is 1. The van der Waals surface area contributed by atoms with Crippen molar-refractivity contribution >= 4 is 17.5 Å². The van der Waals surface area contributed by atoms with Crippen LogP contribution >= 0.6 is 0 Å². The maximum atomic E-state index is 13.1. The molecule has 25 heavy (non-hydrogen) atoms. The summed E-state index contributed by atoms with van der Waals surface area (Å²) < 4.78 is 7.77. The number of rotatable bonds is 2. The number of para-hydroxylation sites is 1. The SMILES string of the molecule is C[C@@H]1Oc2c(cccc2C(=O)N2CCC[C@@H](n3ccnc3)C2)NC1=O. The topological polar surface area (TPSA) is 76.5 Å². The molecule has 0 aliphatic carbocycles. The van der Waals surface area contributed by atoms with E-state index in [1.807, 2.05) is 11.1 Å². The molecule has 3 heterocycles. The molecular weight excluding hydrogens is 320 g/mol. The Kier molecular flexibility index (Phi) is 3.91. The Labute approximate surface area is 145 Å².